The molecular weight excluding hydrogens is 559 g/mol. The Bertz CT molecular complexity index is 1250. The molecule has 1 aliphatic rings. The number of fused-ring (bicyclic) bond motifs is 1. The van der Waals surface area contributed by atoms with Gasteiger partial charge in [-0.2, -0.15) is 9.97 Å². The predicted octanol–water partition coefficient (Wildman–Crippen LogP) is 5.68. The normalized spacial score (nSPS) is 22.8. The van der Waals surface area contributed by atoms with E-state index in [9.17, 15) is 4.79 Å². The van der Waals surface area contributed by atoms with Crippen LogP contribution in [-0.2, 0) is 23.1 Å². The molecule has 13 heteroatoms. The van der Waals surface area contributed by atoms with Crippen molar-refractivity contribution in [1.29, 1.82) is 0 Å². The van der Waals surface area contributed by atoms with Gasteiger partial charge in [-0.3, -0.25) is 9.36 Å². The van der Waals surface area contributed by atoms with E-state index in [0.717, 1.165) is 0 Å². The van der Waals surface area contributed by atoms with Crippen LogP contribution in [0.5, 0.6) is 5.88 Å². The SMILES string of the molecule is COc1nc(N)nc2c1ncn2[C@@H]1O[C@H](CO[Si](C)(C)C(C)(C)C)[C@@H](O[Si](C)(C)C(C)(C)C)[C@@H]1OC(=O)C(C)(C)C. The van der Waals surface area contributed by atoms with Gasteiger partial charge in [0.1, 0.15) is 12.2 Å². The maximum atomic E-state index is 13.4. The summed E-state index contributed by atoms with van der Waals surface area (Å²) in [6.45, 7) is 27.7. The molecule has 3 rings (SSSR count). The van der Waals surface area contributed by atoms with Crippen LogP contribution in [0.2, 0.25) is 36.3 Å². The van der Waals surface area contributed by atoms with Crippen LogP contribution in [0.3, 0.4) is 0 Å². The summed E-state index contributed by atoms with van der Waals surface area (Å²) in [4.78, 5) is 26.5. The maximum absolute atomic E-state index is 13.4. The van der Waals surface area contributed by atoms with Crippen molar-refractivity contribution in [3.8, 4) is 5.88 Å². The van der Waals surface area contributed by atoms with E-state index in [-0.39, 0.29) is 27.9 Å². The highest BCUT2D eigenvalue weighted by Crippen LogP contribution is 2.44. The molecule has 0 aromatic carbocycles. The summed E-state index contributed by atoms with van der Waals surface area (Å²) < 4.78 is 33.8. The summed E-state index contributed by atoms with van der Waals surface area (Å²) in [5.74, 6) is -0.0781. The lowest BCUT2D eigenvalue weighted by atomic mass is 9.97. The Morgan fingerprint density at radius 3 is 2.07 bits per heavy atom. The lowest BCUT2D eigenvalue weighted by Gasteiger charge is -2.41. The highest BCUT2D eigenvalue weighted by atomic mass is 28.4. The average molecular weight is 610 g/mol. The maximum Gasteiger partial charge on any atom is 0.311 e. The molecule has 2 aromatic rings. The molecule has 11 nitrogen and oxygen atoms in total. The van der Waals surface area contributed by atoms with E-state index in [0.29, 0.717) is 17.8 Å². The number of imidazole rings is 1. The van der Waals surface area contributed by atoms with Crippen molar-refractivity contribution in [1.82, 2.24) is 19.5 Å². The van der Waals surface area contributed by atoms with E-state index in [1.54, 1.807) is 10.9 Å². The summed E-state index contributed by atoms with van der Waals surface area (Å²) in [6, 6.07) is 0. The van der Waals surface area contributed by atoms with Crippen molar-refractivity contribution >= 4 is 39.7 Å². The second-order valence-corrected chi connectivity index (χ2v) is 24.6. The number of nitrogens with two attached hydrogens (primary N) is 1. The number of nitrogens with zero attached hydrogens (tertiary/aromatic N) is 4. The fourth-order valence-electron chi connectivity index (χ4n) is 3.89. The summed E-state index contributed by atoms with van der Waals surface area (Å²) >= 11 is 0. The van der Waals surface area contributed by atoms with Crippen molar-refractivity contribution < 1.29 is 27.9 Å². The molecule has 0 aliphatic carbocycles. The number of nitrogen functional groups attached to an aromatic ring is 1. The van der Waals surface area contributed by atoms with E-state index in [1.165, 1.54) is 7.11 Å². The van der Waals surface area contributed by atoms with Crippen LogP contribution in [0.25, 0.3) is 11.2 Å². The number of rotatable bonds is 8. The standard InChI is InChI=1S/C28H51N5O6Si2/c1-26(2,3)24(34)38-20-19(39-41(13,14)28(7,8)9)17(15-36-40(11,12)27(4,5)6)37-23(20)33-16-30-18-21(33)31-25(29)32-22(18)35-10/h16-17,19-20,23H,15H2,1-14H3,(H2,29,31,32)/t17-,19-,20+,23-/m1/s1. The quantitative estimate of drug-likeness (QED) is 0.294. The highest BCUT2D eigenvalue weighted by molar-refractivity contribution is 6.74. The van der Waals surface area contributed by atoms with Gasteiger partial charge in [0.2, 0.25) is 11.8 Å². The van der Waals surface area contributed by atoms with Crippen molar-refractivity contribution in [2.24, 2.45) is 5.41 Å². The Labute approximate surface area is 247 Å². The van der Waals surface area contributed by atoms with Gasteiger partial charge in [-0.1, -0.05) is 41.5 Å². The number of hydrogen-bond acceptors (Lipinski definition) is 10. The van der Waals surface area contributed by atoms with Gasteiger partial charge in [0, 0.05) is 0 Å². The van der Waals surface area contributed by atoms with E-state index in [1.807, 2.05) is 20.8 Å². The number of carbonyl (C=O) groups excluding carboxylic acids is 1. The third-order valence-electron chi connectivity index (χ3n) is 8.67. The number of methoxy groups -OCH3 is 1. The van der Waals surface area contributed by atoms with Gasteiger partial charge in [-0.25, -0.2) is 4.98 Å². The van der Waals surface area contributed by atoms with Gasteiger partial charge in [-0.05, 0) is 57.0 Å². The lowest BCUT2D eigenvalue weighted by molar-refractivity contribution is -0.167. The van der Waals surface area contributed by atoms with Gasteiger partial charge >= 0.3 is 5.97 Å². The van der Waals surface area contributed by atoms with Crippen molar-refractivity contribution in [2.45, 2.75) is 123 Å². The number of hydrogen-bond donors (Lipinski definition) is 1. The van der Waals surface area contributed by atoms with E-state index in [4.69, 9.17) is 28.8 Å². The average Bonchev–Trinajstić information content (AvgIpc) is 3.36. The zero-order valence-corrected chi connectivity index (χ0v) is 29.4. The predicted molar refractivity (Wildman–Crippen MR) is 165 cm³/mol. The van der Waals surface area contributed by atoms with Gasteiger partial charge < -0.3 is 28.8 Å². The van der Waals surface area contributed by atoms with E-state index >= 15 is 0 Å². The van der Waals surface area contributed by atoms with E-state index < -0.39 is 46.6 Å². The molecule has 1 saturated heterocycles. The molecule has 0 bridgehead atoms. The van der Waals surface area contributed by atoms with Crippen molar-refractivity contribution in [3.63, 3.8) is 0 Å². The minimum absolute atomic E-state index is 0.00441. The Morgan fingerprint density at radius 1 is 0.976 bits per heavy atom. The molecule has 2 aromatic heterocycles. The molecule has 1 fully saturated rings. The first kappa shape index (κ1) is 33.4. The molecule has 0 saturated carbocycles. The Balaban J connectivity index is 2.16. The number of anilines is 1. The number of esters is 1. The molecule has 1 aliphatic heterocycles. The summed E-state index contributed by atoms with van der Waals surface area (Å²) in [5.41, 5.74) is 6.11. The van der Waals surface area contributed by atoms with Gasteiger partial charge in [0.15, 0.2) is 40.1 Å². The molecule has 4 atom stereocenters. The number of aromatic nitrogens is 4. The number of carbonyl (C=O) groups is 1. The van der Waals surface area contributed by atoms with Gasteiger partial charge in [0.05, 0.1) is 25.5 Å². The van der Waals surface area contributed by atoms with Crippen LogP contribution in [0.1, 0.15) is 68.5 Å². The smallest absolute Gasteiger partial charge is 0.311 e. The van der Waals surface area contributed by atoms with E-state index in [2.05, 4.69) is 82.7 Å². The monoisotopic (exact) mass is 609 g/mol. The van der Waals surface area contributed by atoms with Crippen LogP contribution in [0, 0.1) is 5.41 Å². The molecule has 41 heavy (non-hydrogen) atoms. The van der Waals surface area contributed by atoms with Gasteiger partial charge in [0.25, 0.3) is 0 Å². The Morgan fingerprint density at radius 2 is 1.56 bits per heavy atom. The molecule has 0 unspecified atom stereocenters. The lowest BCUT2D eigenvalue weighted by Crippen LogP contribution is -2.52. The zero-order valence-electron chi connectivity index (χ0n) is 27.4. The van der Waals surface area contributed by atoms with Crippen LogP contribution in [-0.4, -0.2) is 74.2 Å². The van der Waals surface area contributed by atoms with Crippen molar-refractivity contribution in [3.05, 3.63) is 6.33 Å². The minimum Gasteiger partial charge on any atom is -0.479 e. The van der Waals surface area contributed by atoms with Crippen LogP contribution >= 0.6 is 0 Å². The Kier molecular flexibility index (Phi) is 9.14. The second-order valence-electron chi connectivity index (χ2n) is 15.0. The fraction of sp³-hybridized carbons (Fsp3) is 0.786. The molecule has 0 spiro atoms. The molecule has 0 radical (unpaired) electrons. The summed E-state index contributed by atoms with van der Waals surface area (Å²) in [5, 5.41) is -0.0876. The van der Waals surface area contributed by atoms with Crippen LogP contribution in [0.4, 0.5) is 5.95 Å². The topological polar surface area (TPSA) is 133 Å². The van der Waals surface area contributed by atoms with Crippen molar-refractivity contribution in [2.75, 3.05) is 19.5 Å². The molecule has 3 heterocycles. The van der Waals surface area contributed by atoms with Crippen LogP contribution < -0.4 is 10.5 Å². The first-order chi connectivity index (χ1) is 18.5. The minimum atomic E-state index is -2.36. The first-order valence-electron chi connectivity index (χ1n) is 14.2. The second kappa shape index (κ2) is 11.2. The number of ether oxygens (including phenoxy) is 3. The third-order valence-corrected chi connectivity index (χ3v) is 17.6. The molecule has 232 valence electrons. The largest absolute Gasteiger partial charge is 0.479 e. The summed E-state index contributed by atoms with van der Waals surface area (Å²) in [7, 11) is -3.00. The summed E-state index contributed by atoms with van der Waals surface area (Å²) in [6.07, 6.45) is -1.11. The molecule has 2 N–H and O–H groups in total. The molecular formula is C28H51N5O6Si2. The first-order valence-corrected chi connectivity index (χ1v) is 20.0. The Hall–Kier alpha value is -2.07. The molecule has 0 amide bonds. The third kappa shape index (κ3) is 6.95. The van der Waals surface area contributed by atoms with Gasteiger partial charge in [-0.15, -0.1) is 0 Å². The fourth-order valence-corrected chi connectivity index (χ4v) is 6.23. The van der Waals surface area contributed by atoms with Crippen LogP contribution in [0.15, 0.2) is 6.33 Å². The highest BCUT2D eigenvalue weighted by Gasteiger charge is 2.54. The zero-order chi connectivity index (χ0) is 31.3.